The molecular weight excluding hydrogens is 176 g/mol. The summed E-state index contributed by atoms with van der Waals surface area (Å²) >= 11 is 0. The van der Waals surface area contributed by atoms with Crippen molar-refractivity contribution in [3.05, 3.63) is 18.0 Å². The Morgan fingerprint density at radius 1 is 1.43 bits per heavy atom. The maximum Gasteiger partial charge on any atom is 0.0543 e. The average Bonchev–Trinajstić information content (AvgIpc) is 2.47. The average molecular weight is 196 g/mol. The fourth-order valence-electron chi connectivity index (χ4n) is 1.07. The van der Waals surface area contributed by atoms with E-state index in [1.807, 2.05) is 30.0 Å². The van der Waals surface area contributed by atoms with Gasteiger partial charge in [0.15, 0.2) is 0 Å². The molecule has 0 aliphatic heterocycles. The van der Waals surface area contributed by atoms with Crippen molar-refractivity contribution in [1.82, 2.24) is 20.2 Å². The van der Waals surface area contributed by atoms with Crippen LogP contribution in [0.25, 0.3) is 0 Å². The van der Waals surface area contributed by atoms with Crippen LogP contribution in [0.15, 0.2) is 12.4 Å². The fraction of sp³-hybridized carbons (Fsp3) is 0.700. The highest BCUT2D eigenvalue weighted by Gasteiger charge is 2.13. The second-order valence-corrected chi connectivity index (χ2v) is 4.69. The molecule has 4 heteroatoms. The molecule has 0 spiro atoms. The molecule has 4 nitrogen and oxygen atoms in total. The highest BCUT2D eigenvalue weighted by atomic mass is 15.5. The molecule has 1 N–H and O–H groups in total. The van der Waals surface area contributed by atoms with Gasteiger partial charge in [0, 0.05) is 32.4 Å². The van der Waals surface area contributed by atoms with Crippen molar-refractivity contribution in [3.8, 4) is 0 Å². The summed E-state index contributed by atoms with van der Waals surface area (Å²) in [5.41, 5.74) is 4.47. The van der Waals surface area contributed by atoms with E-state index in [-0.39, 0.29) is 5.54 Å². The largest absolute Gasteiger partial charge is 0.267 e. The first kappa shape index (κ1) is 11.2. The zero-order chi connectivity index (χ0) is 10.8. The highest BCUT2D eigenvalue weighted by Crippen LogP contribution is 2.12. The van der Waals surface area contributed by atoms with Crippen molar-refractivity contribution >= 4 is 0 Å². The van der Waals surface area contributed by atoms with E-state index in [0.29, 0.717) is 0 Å². The Morgan fingerprint density at radius 2 is 2.07 bits per heavy atom. The van der Waals surface area contributed by atoms with Crippen LogP contribution < -0.4 is 5.43 Å². The zero-order valence-corrected chi connectivity index (χ0v) is 9.70. The van der Waals surface area contributed by atoms with Gasteiger partial charge in [-0.3, -0.25) is 15.1 Å². The van der Waals surface area contributed by atoms with Crippen molar-refractivity contribution in [1.29, 1.82) is 0 Å². The van der Waals surface area contributed by atoms with E-state index in [1.54, 1.807) is 0 Å². The number of rotatable bonds is 3. The van der Waals surface area contributed by atoms with E-state index in [1.165, 1.54) is 5.56 Å². The number of nitrogens with zero attached hydrogens (tertiary/aromatic N) is 3. The third-order valence-electron chi connectivity index (χ3n) is 1.92. The number of hydrogen-bond donors (Lipinski definition) is 1. The van der Waals surface area contributed by atoms with E-state index in [0.717, 1.165) is 6.54 Å². The van der Waals surface area contributed by atoms with Crippen molar-refractivity contribution in [3.63, 3.8) is 0 Å². The monoisotopic (exact) mass is 196 g/mol. The van der Waals surface area contributed by atoms with Crippen molar-refractivity contribution in [2.45, 2.75) is 32.9 Å². The first-order valence-electron chi connectivity index (χ1n) is 4.84. The van der Waals surface area contributed by atoms with E-state index < -0.39 is 0 Å². The molecule has 0 amide bonds. The predicted molar refractivity (Wildman–Crippen MR) is 57.7 cm³/mol. The van der Waals surface area contributed by atoms with Crippen LogP contribution >= 0.6 is 0 Å². The van der Waals surface area contributed by atoms with E-state index in [4.69, 9.17) is 0 Å². The lowest BCUT2D eigenvalue weighted by Crippen LogP contribution is -2.29. The van der Waals surface area contributed by atoms with Gasteiger partial charge in [-0.05, 0) is 20.8 Å². The molecule has 0 aliphatic carbocycles. The molecule has 14 heavy (non-hydrogen) atoms. The van der Waals surface area contributed by atoms with Gasteiger partial charge >= 0.3 is 0 Å². The van der Waals surface area contributed by atoms with Gasteiger partial charge in [-0.1, -0.05) is 0 Å². The number of hydrogen-bond acceptors (Lipinski definition) is 3. The number of nitrogens with one attached hydrogen (secondary N) is 1. The van der Waals surface area contributed by atoms with Crippen molar-refractivity contribution in [2.24, 2.45) is 0 Å². The molecule has 0 radical (unpaired) electrons. The smallest absolute Gasteiger partial charge is 0.0543 e. The number of hydrazine groups is 1. The maximum atomic E-state index is 4.32. The first-order valence-corrected chi connectivity index (χ1v) is 4.84. The molecule has 1 aromatic rings. The van der Waals surface area contributed by atoms with Gasteiger partial charge in [-0.25, -0.2) is 0 Å². The van der Waals surface area contributed by atoms with Gasteiger partial charge in [0.1, 0.15) is 0 Å². The lowest BCUT2D eigenvalue weighted by molar-refractivity contribution is 0.285. The molecule has 0 aromatic carbocycles. The Hall–Kier alpha value is -0.870. The third-order valence-corrected chi connectivity index (χ3v) is 1.92. The molecule has 1 heterocycles. The summed E-state index contributed by atoms with van der Waals surface area (Å²) in [6, 6.07) is 0. The van der Waals surface area contributed by atoms with Crippen LogP contribution in [-0.2, 0) is 12.1 Å². The molecule has 0 saturated heterocycles. The summed E-state index contributed by atoms with van der Waals surface area (Å²) in [7, 11) is 3.96. The Labute approximate surface area is 85.9 Å². The third kappa shape index (κ3) is 3.12. The van der Waals surface area contributed by atoms with Crippen molar-refractivity contribution in [2.75, 3.05) is 14.1 Å². The molecule has 1 rings (SSSR count). The van der Waals surface area contributed by atoms with E-state index in [9.17, 15) is 0 Å². The van der Waals surface area contributed by atoms with Gasteiger partial charge in [-0.15, -0.1) is 0 Å². The quantitative estimate of drug-likeness (QED) is 0.738. The van der Waals surface area contributed by atoms with Crippen LogP contribution in [0.5, 0.6) is 0 Å². The molecule has 0 unspecified atom stereocenters. The second kappa shape index (κ2) is 4.11. The normalized spacial score (nSPS) is 12.4. The molecule has 0 aliphatic rings. The molecule has 1 aromatic heterocycles. The van der Waals surface area contributed by atoms with Crippen LogP contribution in [0, 0.1) is 0 Å². The Balaban J connectivity index is 2.60. The number of aromatic nitrogens is 2. The SMILES string of the molecule is CN(C)NCc1cnn(C(C)(C)C)c1. The lowest BCUT2D eigenvalue weighted by atomic mass is 10.1. The minimum Gasteiger partial charge on any atom is -0.267 e. The minimum atomic E-state index is 0.0658. The van der Waals surface area contributed by atoms with Crippen LogP contribution in [0.2, 0.25) is 0 Å². The maximum absolute atomic E-state index is 4.32. The molecule has 0 saturated carbocycles. The van der Waals surface area contributed by atoms with Gasteiger partial charge in [0.05, 0.1) is 11.7 Å². The highest BCUT2D eigenvalue weighted by molar-refractivity contribution is 5.04. The van der Waals surface area contributed by atoms with E-state index in [2.05, 4.69) is 37.5 Å². The summed E-state index contributed by atoms with van der Waals surface area (Å²) in [4.78, 5) is 0. The molecule has 0 fully saturated rings. The summed E-state index contributed by atoms with van der Waals surface area (Å²) in [5.74, 6) is 0. The van der Waals surface area contributed by atoms with Gasteiger partial charge in [-0.2, -0.15) is 5.10 Å². The van der Waals surface area contributed by atoms with Gasteiger partial charge in [0.2, 0.25) is 0 Å². The topological polar surface area (TPSA) is 33.1 Å². The molecular formula is C10H20N4. The van der Waals surface area contributed by atoms with Crippen LogP contribution in [-0.4, -0.2) is 28.9 Å². The summed E-state index contributed by atoms with van der Waals surface area (Å²) in [6.45, 7) is 7.25. The van der Waals surface area contributed by atoms with E-state index >= 15 is 0 Å². The molecule has 80 valence electrons. The lowest BCUT2D eigenvalue weighted by Gasteiger charge is -2.18. The predicted octanol–water partition coefficient (Wildman–Crippen LogP) is 1.20. The van der Waals surface area contributed by atoms with Gasteiger partial charge in [0.25, 0.3) is 0 Å². The van der Waals surface area contributed by atoms with Crippen LogP contribution in [0.3, 0.4) is 0 Å². The Kier molecular flexibility index (Phi) is 3.29. The minimum absolute atomic E-state index is 0.0658. The summed E-state index contributed by atoms with van der Waals surface area (Å²) in [5, 5.41) is 6.26. The Bertz CT molecular complexity index is 283. The summed E-state index contributed by atoms with van der Waals surface area (Å²) < 4.78 is 1.99. The van der Waals surface area contributed by atoms with Gasteiger partial charge < -0.3 is 0 Å². The Morgan fingerprint density at radius 3 is 2.50 bits per heavy atom. The standard InChI is InChI=1S/C10H20N4/c1-10(2,3)14-8-9(7-12-14)6-11-13(4)5/h7-8,11H,6H2,1-5H3. The fourth-order valence-corrected chi connectivity index (χ4v) is 1.07. The second-order valence-electron chi connectivity index (χ2n) is 4.69. The van der Waals surface area contributed by atoms with Crippen LogP contribution in [0.1, 0.15) is 26.3 Å². The first-order chi connectivity index (χ1) is 6.39. The summed E-state index contributed by atoms with van der Waals surface area (Å²) in [6.07, 6.45) is 3.98. The van der Waals surface area contributed by atoms with Crippen LogP contribution in [0.4, 0.5) is 0 Å². The molecule has 0 atom stereocenters. The van der Waals surface area contributed by atoms with Crippen molar-refractivity contribution < 1.29 is 0 Å². The zero-order valence-electron chi connectivity index (χ0n) is 9.70. The molecule has 0 bridgehead atoms.